The maximum atomic E-state index is 6.09. The summed E-state index contributed by atoms with van der Waals surface area (Å²) >= 11 is 0. The zero-order valence-corrected chi connectivity index (χ0v) is 12.8. The Balaban J connectivity index is 2.15. The number of rotatable bonds is 7. The van der Waals surface area contributed by atoms with E-state index in [-0.39, 0.29) is 12.1 Å². The fourth-order valence-corrected chi connectivity index (χ4v) is 3.03. The molecular weight excluding hydrogens is 248 g/mol. The van der Waals surface area contributed by atoms with Crippen LogP contribution in [0.1, 0.15) is 39.5 Å². The van der Waals surface area contributed by atoms with Crippen LogP contribution in [0.5, 0.6) is 0 Å². The molecule has 1 aliphatic rings. The average molecular weight is 276 g/mol. The summed E-state index contributed by atoms with van der Waals surface area (Å²) in [5.74, 6) is 0. The van der Waals surface area contributed by atoms with Gasteiger partial charge in [-0.05, 0) is 38.3 Å². The summed E-state index contributed by atoms with van der Waals surface area (Å²) in [6, 6.07) is 10.9. The lowest BCUT2D eigenvalue weighted by Crippen LogP contribution is -2.49. The van der Waals surface area contributed by atoms with Gasteiger partial charge in [-0.2, -0.15) is 0 Å². The maximum Gasteiger partial charge on any atom is 0.0795 e. The van der Waals surface area contributed by atoms with Gasteiger partial charge in [0.25, 0.3) is 0 Å². The van der Waals surface area contributed by atoms with Crippen molar-refractivity contribution in [3.63, 3.8) is 0 Å². The van der Waals surface area contributed by atoms with Crippen LogP contribution in [0.4, 0.5) is 5.69 Å². The number of ether oxygens (including phenoxy) is 1. The Hall–Kier alpha value is -1.06. The molecule has 112 valence electrons. The van der Waals surface area contributed by atoms with Crippen LogP contribution >= 0.6 is 0 Å². The first-order valence-corrected chi connectivity index (χ1v) is 7.93. The van der Waals surface area contributed by atoms with Crippen LogP contribution in [0.3, 0.4) is 0 Å². The van der Waals surface area contributed by atoms with Gasteiger partial charge >= 0.3 is 0 Å². The van der Waals surface area contributed by atoms with Crippen molar-refractivity contribution >= 4 is 5.69 Å². The van der Waals surface area contributed by atoms with Gasteiger partial charge in [0.15, 0.2) is 0 Å². The van der Waals surface area contributed by atoms with Crippen LogP contribution in [0, 0.1) is 0 Å². The number of para-hydroxylation sites is 1. The topological polar surface area (TPSA) is 38.5 Å². The van der Waals surface area contributed by atoms with Crippen molar-refractivity contribution < 1.29 is 4.74 Å². The quantitative estimate of drug-likeness (QED) is 0.831. The van der Waals surface area contributed by atoms with E-state index in [4.69, 9.17) is 10.5 Å². The highest BCUT2D eigenvalue weighted by atomic mass is 16.5. The molecule has 3 heteroatoms. The van der Waals surface area contributed by atoms with Crippen molar-refractivity contribution in [2.24, 2.45) is 5.73 Å². The molecular formula is C17H28N2O. The summed E-state index contributed by atoms with van der Waals surface area (Å²) < 4.78 is 6.08. The van der Waals surface area contributed by atoms with Crippen molar-refractivity contribution in [1.82, 2.24) is 0 Å². The fraction of sp³-hybridized carbons (Fsp3) is 0.647. The van der Waals surface area contributed by atoms with E-state index in [0.29, 0.717) is 12.6 Å². The van der Waals surface area contributed by atoms with E-state index < -0.39 is 0 Å². The number of benzene rings is 1. The molecule has 0 amide bonds. The van der Waals surface area contributed by atoms with Crippen molar-refractivity contribution in [2.75, 3.05) is 18.0 Å². The molecule has 1 aromatic rings. The zero-order chi connectivity index (χ0) is 14.4. The van der Waals surface area contributed by atoms with Gasteiger partial charge in [-0.3, -0.25) is 0 Å². The number of nitrogens with zero attached hydrogens (tertiary/aromatic N) is 1. The lowest BCUT2D eigenvalue weighted by atomic mass is 10.0. The molecule has 3 atom stereocenters. The molecule has 1 aliphatic heterocycles. The Morgan fingerprint density at radius 2 is 2.05 bits per heavy atom. The second-order valence-electron chi connectivity index (χ2n) is 5.75. The first kappa shape index (κ1) is 15.3. The third kappa shape index (κ3) is 3.74. The van der Waals surface area contributed by atoms with Gasteiger partial charge in [-0.15, -0.1) is 0 Å². The predicted molar refractivity (Wildman–Crippen MR) is 85.1 cm³/mol. The summed E-state index contributed by atoms with van der Waals surface area (Å²) in [6.07, 6.45) is 5.30. The summed E-state index contributed by atoms with van der Waals surface area (Å²) in [6.45, 7) is 6.09. The van der Waals surface area contributed by atoms with Gasteiger partial charge < -0.3 is 15.4 Å². The van der Waals surface area contributed by atoms with Crippen LogP contribution in [0.25, 0.3) is 0 Å². The minimum atomic E-state index is 0.270. The predicted octanol–water partition coefficient (Wildman–Crippen LogP) is 3.19. The minimum Gasteiger partial charge on any atom is -0.373 e. The van der Waals surface area contributed by atoms with Crippen LogP contribution in [0.2, 0.25) is 0 Å². The van der Waals surface area contributed by atoms with Crippen molar-refractivity contribution in [3.05, 3.63) is 30.3 Å². The third-order valence-corrected chi connectivity index (χ3v) is 4.18. The molecule has 1 heterocycles. The van der Waals surface area contributed by atoms with Gasteiger partial charge in [-0.1, -0.05) is 31.5 Å². The van der Waals surface area contributed by atoms with Crippen molar-refractivity contribution in [2.45, 2.75) is 57.8 Å². The molecule has 3 unspecified atom stereocenters. The lowest BCUT2D eigenvalue weighted by Gasteiger charge is -2.36. The minimum absolute atomic E-state index is 0.270. The number of unbranched alkanes of at least 4 members (excludes halogenated alkanes) is 1. The molecule has 1 aromatic carbocycles. The largest absolute Gasteiger partial charge is 0.373 e. The van der Waals surface area contributed by atoms with E-state index in [1.165, 1.54) is 18.5 Å². The Morgan fingerprint density at radius 1 is 1.30 bits per heavy atom. The Bertz CT molecular complexity index is 382. The second kappa shape index (κ2) is 7.65. The van der Waals surface area contributed by atoms with Crippen LogP contribution in [-0.4, -0.2) is 31.3 Å². The van der Waals surface area contributed by atoms with Crippen LogP contribution in [-0.2, 0) is 4.74 Å². The smallest absolute Gasteiger partial charge is 0.0795 e. The molecule has 3 nitrogen and oxygen atoms in total. The lowest BCUT2D eigenvalue weighted by molar-refractivity contribution is 0.0401. The third-order valence-electron chi connectivity index (χ3n) is 4.18. The standard InChI is InChI=1S/C17H28N2O/c1-3-4-12-19(15-8-6-5-7-9-15)16(13-18)17-11-10-14(2)20-17/h5-9,14,16-17H,3-4,10-13,18H2,1-2H3. The van der Waals surface area contributed by atoms with Gasteiger partial charge in [0, 0.05) is 18.8 Å². The van der Waals surface area contributed by atoms with Gasteiger partial charge in [0.2, 0.25) is 0 Å². The van der Waals surface area contributed by atoms with E-state index >= 15 is 0 Å². The second-order valence-corrected chi connectivity index (χ2v) is 5.75. The molecule has 0 aliphatic carbocycles. The van der Waals surface area contributed by atoms with E-state index in [0.717, 1.165) is 19.4 Å². The molecule has 2 rings (SSSR count). The highest BCUT2D eigenvalue weighted by molar-refractivity contribution is 5.47. The van der Waals surface area contributed by atoms with Gasteiger partial charge in [0.05, 0.1) is 18.2 Å². The molecule has 0 radical (unpaired) electrons. The van der Waals surface area contributed by atoms with Gasteiger partial charge in [0.1, 0.15) is 0 Å². The molecule has 20 heavy (non-hydrogen) atoms. The molecule has 0 aromatic heterocycles. The van der Waals surface area contributed by atoms with E-state index in [1.807, 2.05) is 0 Å². The molecule has 1 saturated heterocycles. The summed E-state index contributed by atoms with van der Waals surface area (Å²) in [5, 5.41) is 0. The highest BCUT2D eigenvalue weighted by Crippen LogP contribution is 2.27. The number of anilines is 1. The number of hydrogen-bond donors (Lipinski definition) is 1. The Labute approximate surface area is 123 Å². The van der Waals surface area contributed by atoms with Gasteiger partial charge in [-0.25, -0.2) is 0 Å². The van der Waals surface area contributed by atoms with E-state index in [1.54, 1.807) is 0 Å². The van der Waals surface area contributed by atoms with Crippen molar-refractivity contribution in [1.29, 1.82) is 0 Å². The summed E-state index contributed by atoms with van der Waals surface area (Å²) in [5.41, 5.74) is 7.35. The van der Waals surface area contributed by atoms with E-state index in [2.05, 4.69) is 49.1 Å². The number of nitrogens with two attached hydrogens (primary N) is 1. The molecule has 2 N–H and O–H groups in total. The van der Waals surface area contributed by atoms with Crippen molar-refractivity contribution in [3.8, 4) is 0 Å². The van der Waals surface area contributed by atoms with Crippen LogP contribution in [0.15, 0.2) is 30.3 Å². The molecule has 0 spiro atoms. The summed E-state index contributed by atoms with van der Waals surface area (Å²) in [4.78, 5) is 2.45. The summed E-state index contributed by atoms with van der Waals surface area (Å²) in [7, 11) is 0. The highest BCUT2D eigenvalue weighted by Gasteiger charge is 2.32. The molecule has 0 saturated carbocycles. The Kier molecular flexibility index (Phi) is 5.86. The molecule has 1 fully saturated rings. The average Bonchev–Trinajstić information content (AvgIpc) is 2.90. The number of hydrogen-bond acceptors (Lipinski definition) is 3. The zero-order valence-electron chi connectivity index (χ0n) is 12.8. The van der Waals surface area contributed by atoms with E-state index in [9.17, 15) is 0 Å². The van der Waals surface area contributed by atoms with Crippen LogP contribution < -0.4 is 10.6 Å². The first-order chi connectivity index (χ1) is 9.76. The Morgan fingerprint density at radius 3 is 2.60 bits per heavy atom. The first-order valence-electron chi connectivity index (χ1n) is 7.93. The molecule has 0 bridgehead atoms. The SMILES string of the molecule is CCCCN(c1ccccc1)C(CN)C1CCC(C)O1. The monoisotopic (exact) mass is 276 g/mol. The fourth-order valence-electron chi connectivity index (χ4n) is 3.03. The normalized spacial score (nSPS) is 23.8. The maximum absolute atomic E-state index is 6.09.